The van der Waals surface area contributed by atoms with E-state index in [1.54, 1.807) is 6.07 Å². The van der Waals surface area contributed by atoms with Gasteiger partial charge in [-0.05, 0) is 42.5 Å². The third-order valence-corrected chi connectivity index (χ3v) is 6.27. The van der Waals surface area contributed by atoms with Crippen LogP contribution in [0.4, 0.5) is 11.4 Å². The molecule has 0 aromatic heterocycles. The Morgan fingerprint density at radius 1 is 1.10 bits per heavy atom. The van der Waals surface area contributed by atoms with Gasteiger partial charge in [-0.3, -0.25) is 14.5 Å². The number of hydrogen-bond donors (Lipinski definition) is 3. The molecule has 6 heteroatoms. The predicted molar refractivity (Wildman–Crippen MR) is 113 cm³/mol. The van der Waals surface area contributed by atoms with E-state index >= 15 is 0 Å². The molecule has 150 valence electrons. The Labute approximate surface area is 170 Å². The van der Waals surface area contributed by atoms with Crippen LogP contribution in [0.2, 0.25) is 0 Å². The van der Waals surface area contributed by atoms with Crippen LogP contribution in [0.3, 0.4) is 0 Å². The van der Waals surface area contributed by atoms with Crippen molar-refractivity contribution in [2.24, 2.45) is 11.8 Å². The first-order valence-corrected chi connectivity index (χ1v) is 10.3. The van der Waals surface area contributed by atoms with Gasteiger partial charge in [-0.25, -0.2) is 0 Å². The molecule has 2 aliphatic heterocycles. The van der Waals surface area contributed by atoms with Gasteiger partial charge in [-0.1, -0.05) is 30.3 Å². The van der Waals surface area contributed by atoms with Crippen LogP contribution in [0.1, 0.15) is 29.3 Å². The number of nitrogens with one attached hydrogen (secondary N) is 3. The average molecular weight is 390 g/mol. The summed E-state index contributed by atoms with van der Waals surface area (Å²) in [5.74, 6) is 1.07. The van der Waals surface area contributed by atoms with Crippen LogP contribution >= 0.6 is 0 Å². The maximum Gasteiger partial charge on any atom is 0.251 e. The first kappa shape index (κ1) is 18.2. The zero-order chi connectivity index (χ0) is 20.0. The fourth-order valence-corrected chi connectivity index (χ4v) is 4.74. The van der Waals surface area contributed by atoms with Gasteiger partial charge in [0.15, 0.2) is 0 Å². The van der Waals surface area contributed by atoms with Gasteiger partial charge in [0.2, 0.25) is 5.91 Å². The normalized spacial score (nSPS) is 27.8. The van der Waals surface area contributed by atoms with Crippen LogP contribution in [0.15, 0.2) is 48.5 Å². The lowest BCUT2D eigenvalue weighted by molar-refractivity contribution is -0.116. The van der Waals surface area contributed by atoms with Gasteiger partial charge >= 0.3 is 0 Å². The van der Waals surface area contributed by atoms with Crippen LogP contribution in [0, 0.1) is 11.8 Å². The van der Waals surface area contributed by atoms with Gasteiger partial charge in [0.25, 0.3) is 5.91 Å². The average Bonchev–Trinajstić information content (AvgIpc) is 3.17. The van der Waals surface area contributed by atoms with E-state index in [9.17, 15) is 9.59 Å². The molecule has 3 N–H and O–H groups in total. The minimum Gasteiger partial charge on any atom is -0.380 e. The third-order valence-electron chi connectivity index (χ3n) is 6.27. The Balaban J connectivity index is 1.18. The minimum atomic E-state index is -0.0353. The molecule has 1 aliphatic carbocycles. The van der Waals surface area contributed by atoms with E-state index in [0.29, 0.717) is 23.8 Å². The lowest BCUT2D eigenvalue weighted by Crippen LogP contribution is -2.34. The largest absolute Gasteiger partial charge is 0.380 e. The first-order chi connectivity index (χ1) is 14.1. The summed E-state index contributed by atoms with van der Waals surface area (Å²) in [5.41, 5.74) is 3.51. The van der Waals surface area contributed by atoms with Crippen LogP contribution in [-0.4, -0.2) is 41.9 Å². The molecule has 1 saturated heterocycles. The number of amides is 2. The van der Waals surface area contributed by atoms with Crippen molar-refractivity contribution in [3.8, 4) is 0 Å². The number of nitrogens with zero attached hydrogens (tertiary/aromatic N) is 1. The lowest BCUT2D eigenvalue weighted by atomic mass is 10.1. The highest BCUT2D eigenvalue weighted by atomic mass is 16.2. The topological polar surface area (TPSA) is 73.5 Å². The summed E-state index contributed by atoms with van der Waals surface area (Å²) >= 11 is 0. The Bertz CT molecular complexity index is 933. The Morgan fingerprint density at radius 2 is 1.86 bits per heavy atom. The summed E-state index contributed by atoms with van der Waals surface area (Å²) in [6.45, 7) is 5.03. The zero-order valence-electron chi connectivity index (χ0n) is 16.5. The SMILES string of the molecule is CC1CC(=O)Nc2ccc(C(=O)NC3C4CN(Cc5ccccc5)CC43)cc2N1. The van der Waals surface area contributed by atoms with Crippen molar-refractivity contribution >= 4 is 23.2 Å². The van der Waals surface area contributed by atoms with Crippen LogP contribution in [-0.2, 0) is 11.3 Å². The molecule has 3 aliphatic rings. The highest BCUT2D eigenvalue weighted by Crippen LogP contribution is 2.46. The van der Waals surface area contributed by atoms with E-state index < -0.39 is 0 Å². The fourth-order valence-electron chi connectivity index (χ4n) is 4.74. The van der Waals surface area contributed by atoms with E-state index in [4.69, 9.17) is 0 Å². The van der Waals surface area contributed by atoms with E-state index in [0.717, 1.165) is 31.0 Å². The molecule has 2 amide bonds. The van der Waals surface area contributed by atoms with E-state index in [-0.39, 0.29) is 23.9 Å². The summed E-state index contributed by atoms with van der Waals surface area (Å²) in [7, 11) is 0. The van der Waals surface area contributed by atoms with Gasteiger partial charge in [-0.2, -0.15) is 0 Å². The molecule has 0 bridgehead atoms. The summed E-state index contributed by atoms with van der Waals surface area (Å²) in [5, 5.41) is 9.42. The number of rotatable bonds is 4. The monoisotopic (exact) mass is 390 g/mol. The molecule has 2 fully saturated rings. The summed E-state index contributed by atoms with van der Waals surface area (Å²) in [4.78, 5) is 27.1. The zero-order valence-corrected chi connectivity index (χ0v) is 16.5. The standard InChI is InChI=1S/C23H26N4O2/c1-14-9-21(28)25-19-8-7-16(10-20(19)24-14)23(29)26-22-17-12-27(13-18(17)22)11-15-5-3-2-4-6-15/h2-8,10,14,17-18,22,24H,9,11-13H2,1H3,(H,25,28)(H,26,29). The summed E-state index contributed by atoms with van der Waals surface area (Å²) < 4.78 is 0. The number of carbonyl (C=O) groups excluding carboxylic acids is 2. The second-order valence-corrected chi connectivity index (χ2v) is 8.56. The quantitative estimate of drug-likeness (QED) is 0.751. The van der Waals surface area contributed by atoms with Crippen molar-refractivity contribution < 1.29 is 9.59 Å². The molecule has 2 heterocycles. The number of likely N-dealkylation sites (tertiary alicyclic amines) is 1. The second kappa shape index (κ2) is 7.19. The Morgan fingerprint density at radius 3 is 2.62 bits per heavy atom. The smallest absolute Gasteiger partial charge is 0.251 e. The van der Waals surface area contributed by atoms with Gasteiger partial charge in [-0.15, -0.1) is 0 Å². The Kier molecular flexibility index (Phi) is 4.51. The summed E-state index contributed by atoms with van der Waals surface area (Å²) in [6.07, 6.45) is 0.418. The Hall–Kier alpha value is -2.86. The molecular weight excluding hydrogens is 364 g/mol. The van der Waals surface area contributed by atoms with Crippen LogP contribution < -0.4 is 16.0 Å². The highest BCUT2D eigenvalue weighted by Gasteiger charge is 2.56. The van der Waals surface area contributed by atoms with E-state index in [1.165, 1.54) is 5.56 Å². The lowest BCUT2D eigenvalue weighted by Gasteiger charge is -2.20. The van der Waals surface area contributed by atoms with E-state index in [2.05, 4.69) is 45.1 Å². The maximum atomic E-state index is 12.8. The van der Waals surface area contributed by atoms with Crippen molar-refractivity contribution in [3.63, 3.8) is 0 Å². The summed E-state index contributed by atoms with van der Waals surface area (Å²) in [6, 6.07) is 16.3. The molecule has 0 spiro atoms. The first-order valence-electron chi connectivity index (χ1n) is 10.3. The molecule has 5 rings (SSSR count). The van der Waals surface area contributed by atoms with Gasteiger partial charge < -0.3 is 16.0 Å². The predicted octanol–water partition coefficient (Wildman–Crippen LogP) is 2.69. The molecule has 1 saturated carbocycles. The van der Waals surface area contributed by atoms with Gasteiger partial charge in [0.05, 0.1) is 11.4 Å². The number of benzene rings is 2. The van der Waals surface area contributed by atoms with Crippen LogP contribution in [0.25, 0.3) is 0 Å². The molecule has 6 nitrogen and oxygen atoms in total. The maximum absolute atomic E-state index is 12.8. The minimum absolute atomic E-state index is 0.00758. The van der Waals surface area contributed by atoms with Crippen molar-refractivity contribution in [1.29, 1.82) is 0 Å². The highest BCUT2D eigenvalue weighted by molar-refractivity contribution is 6.00. The second-order valence-electron chi connectivity index (χ2n) is 8.56. The molecule has 0 radical (unpaired) electrons. The van der Waals surface area contributed by atoms with Crippen LogP contribution in [0.5, 0.6) is 0 Å². The number of hydrogen-bond acceptors (Lipinski definition) is 4. The molecule has 29 heavy (non-hydrogen) atoms. The van der Waals surface area contributed by atoms with Crippen molar-refractivity contribution in [1.82, 2.24) is 10.2 Å². The van der Waals surface area contributed by atoms with Crippen molar-refractivity contribution in [2.75, 3.05) is 23.7 Å². The van der Waals surface area contributed by atoms with Gasteiger partial charge in [0, 0.05) is 43.7 Å². The number of carbonyl (C=O) groups is 2. The van der Waals surface area contributed by atoms with Crippen molar-refractivity contribution in [3.05, 3.63) is 59.7 Å². The van der Waals surface area contributed by atoms with Gasteiger partial charge in [0.1, 0.15) is 0 Å². The molecule has 3 unspecified atom stereocenters. The molecule has 2 aromatic carbocycles. The molecular formula is C23H26N4O2. The van der Waals surface area contributed by atoms with Crippen molar-refractivity contribution in [2.45, 2.75) is 32.0 Å². The number of anilines is 2. The molecule has 3 atom stereocenters. The number of piperidine rings is 1. The third kappa shape index (κ3) is 3.72. The molecule has 2 aromatic rings. The number of fused-ring (bicyclic) bond motifs is 2. The fraction of sp³-hybridized carbons (Fsp3) is 0.391. The van der Waals surface area contributed by atoms with E-state index in [1.807, 2.05) is 25.1 Å².